The largest absolute Gasteiger partial charge is 0.320 e. The van der Waals surface area contributed by atoms with E-state index in [1.807, 2.05) is 7.05 Å². The molecule has 0 aromatic carbocycles. The second-order valence-corrected chi connectivity index (χ2v) is 3.52. The summed E-state index contributed by atoms with van der Waals surface area (Å²) >= 11 is 0. The van der Waals surface area contributed by atoms with Gasteiger partial charge in [0.25, 0.3) is 0 Å². The molecule has 0 aromatic rings. The van der Waals surface area contributed by atoms with Crippen molar-refractivity contribution in [2.45, 2.75) is 19.0 Å². The van der Waals surface area contributed by atoms with Crippen molar-refractivity contribution >= 4 is 9.52 Å². The number of nitrogens with one attached hydrogen (secondary N) is 1. The Balaban J connectivity index is 2.45. The summed E-state index contributed by atoms with van der Waals surface area (Å²) in [6.07, 6.45) is 1.39. The molecule has 0 fully saturated rings. The van der Waals surface area contributed by atoms with E-state index in [1.54, 1.807) is 0 Å². The Morgan fingerprint density at radius 1 is 1.57 bits per heavy atom. The van der Waals surface area contributed by atoms with Crippen LogP contribution < -0.4 is 5.32 Å². The van der Waals surface area contributed by atoms with Crippen LogP contribution in [0.1, 0.15) is 6.42 Å². The first-order valence-electron chi connectivity index (χ1n) is 3.06. The fraction of sp³-hybridized carbons (Fsp3) is 1.00. The van der Waals surface area contributed by atoms with Crippen LogP contribution in [0.2, 0.25) is 12.6 Å². The van der Waals surface area contributed by atoms with Crippen LogP contribution in [-0.4, -0.2) is 23.1 Å². The Labute approximate surface area is 48.3 Å². The maximum absolute atomic E-state index is 3.12. The molecule has 2 heteroatoms. The molecule has 0 spiro atoms. The molecule has 0 atom stereocenters. The first kappa shape index (κ1) is 7.18. The van der Waals surface area contributed by atoms with Crippen molar-refractivity contribution in [3.8, 4) is 0 Å². The van der Waals surface area contributed by atoms with Crippen LogP contribution in [0.3, 0.4) is 0 Å². The van der Waals surface area contributed by atoms with Crippen molar-refractivity contribution in [2.24, 2.45) is 0 Å². The predicted octanol–water partition coefficient (Wildman–Crippen LogP) is 0.231. The summed E-state index contributed by atoms with van der Waals surface area (Å²) in [5, 5.41) is 3.12. The molecule has 0 unspecified atom stereocenters. The lowest BCUT2D eigenvalue weighted by Gasteiger charge is -1.92. The highest BCUT2D eigenvalue weighted by molar-refractivity contribution is 6.33. The van der Waals surface area contributed by atoms with Crippen LogP contribution >= 0.6 is 0 Å². The Bertz CT molecular complexity index is 27.3. The molecule has 0 saturated heterocycles. The van der Waals surface area contributed by atoms with Gasteiger partial charge in [0.2, 0.25) is 0 Å². The molecule has 0 saturated carbocycles. The predicted molar refractivity (Wildman–Crippen MR) is 37.8 cm³/mol. The average molecular weight is 117 g/mol. The van der Waals surface area contributed by atoms with Crippen molar-refractivity contribution in [3.05, 3.63) is 0 Å². The zero-order valence-electron chi connectivity index (χ0n) is 5.33. The van der Waals surface area contributed by atoms with E-state index in [0.717, 1.165) is 0 Å². The van der Waals surface area contributed by atoms with E-state index in [4.69, 9.17) is 0 Å². The third kappa shape index (κ3) is 6.18. The molecule has 0 aliphatic heterocycles. The summed E-state index contributed by atoms with van der Waals surface area (Å²) in [6, 6.07) is 1.50. The number of hydrogen-bond acceptors (Lipinski definition) is 1. The third-order valence-corrected chi connectivity index (χ3v) is 2.24. The van der Waals surface area contributed by atoms with E-state index >= 15 is 0 Å². The summed E-state index contributed by atoms with van der Waals surface area (Å²) < 4.78 is 0. The van der Waals surface area contributed by atoms with E-state index in [9.17, 15) is 0 Å². The minimum Gasteiger partial charge on any atom is -0.320 e. The maximum atomic E-state index is 3.12. The van der Waals surface area contributed by atoms with Gasteiger partial charge in [-0.05, 0) is 20.0 Å². The minimum absolute atomic E-state index is 0.354. The Morgan fingerprint density at radius 3 is 2.71 bits per heavy atom. The Kier molecular flexibility index (Phi) is 6.33. The first-order chi connectivity index (χ1) is 3.41. The van der Waals surface area contributed by atoms with Crippen LogP contribution in [0.25, 0.3) is 0 Å². The smallest absolute Gasteiger partial charge is 0.0167 e. The van der Waals surface area contributed by atoms with Crippen molar-refractivity contribution in [2.75, 3.05) is 13.6 Å². The fourth-order valence-corrected chi connectivity index (χ4v) is 1.30. The van der Waals surface area contributed by atoms with Crippen molar-refractivity contribution in [1.82, 2.24) is 5.32 Å². The monoisotopic (exact) mass is 117 g/mol. The van der Waals surface area contributed by atoms with E-state index < -0.39 is 0 Å². The molecule has 44 valence electrons. The highest BCUT2D eigenvalue weighted by Gasteiger charge is 1.79. The molecule has 1 nitrogen and oxygen atoms in total. The second kappa shape index (κ2) is 6.18. The Hall–Kier alpha value is 0.177. The zero-order valence-corrected chi connectivity index (χ0v) is 6.74. The highest BCUT2D eigenvalue weighted by atomic mass is 28.2. The van der Waals surface area contributed by atoms with Gasteiger partial charge in [-0.15, -0.1) is 0 Å². The van der Waals surface area contributed by atoms with Gasteiger partial charge < -0.3 is 5.32 Å². The SMILES string of the molecule is CNCCC[SiH2]C. The third-order valence-electron chi connectivity index (χ3n) is 1.03. The molecule has 0 bridgehead atoms. The summed E-state index contributed by atoms with van der Waals surface area (Å²) in [7, 11) is 2.36. The molecule has 0 amide bonds. The normalized spacial score (nSPS) is 11.1. The average Bonchev–Trinajstić information content (AvgIpc) is 1.69. The number of hydrogen-bond donors (Lipinski definition) is 1. The van der Waals surface area contributed by atoms with Crippen LogP contribution in [-0.2, 0) is 0 Å². The van der Waals surface area contributed by atoms with Gasteiger partial charge in [-0.3, -0.25) is 0 Å². The molecule has 0 aromatic heterocycles. The molecule has 0 radical (unpaired) electrons. The van der Waals surface area contributed by atoms with E-state index in [-0.39, 0.29) is 0 Å². The van der Waals surface area contributed by atoms with Crippen LogP contribution in [0, 0.1) is 0 Å². The standard InChI is InChI=1S/C5H15NSi/c1-6-4-3-5-7-2/h6H,3-5,7H2,1-2H3. The minimum atomic E-state index is 0.354. The molecule has 0 rings (SSSR count). The van der Waals surface area contributed by atoms with Crippen LogP contribution in [0.5, 0.6) is 0 Å². The van der Waals surface area contributed by atoms with E-state index in [0.29, 0.717) is 9.52 Å². The van der Waals surface area contributed by atoms with E-state index in [1.165, 1.54) is 19.0 Å². The van der Waals surface area contributed by atoms with Crippen molar-refractivity contribution in [3.63, 3.8) is 0 Å². The lowest BCUT2D eigenvalue weighted by atomic mass is 10.5. The first-order valence-corrected chi connectivity index (χ1v) is 5.47. The summed E-state index contributed by atoms with van der Waals surface area (Å²) in [6.45, 7) is 3.57. The van der Waals surface area contributed by atoms with Crippen molar-refractivity contribution < 1.29 is 0 Å². The quantitative estimate of drug-likeness (QED) is 0.410. The summed E-state index contributed by atoms with van der Waals surface area (Å²) in [5.74, 6) is 0. The second-order valence-electron chi connectivity index (χ2n) is 1.81. The molecule has 1 N–H and O–H groups in total. The van der Waals surface area contributed by atoms with E-state index in [2.05, 4.69) is 11.9 Å². The maximum Gasteiger partial charge on any atom is 0.0167 e. The van der Waals surface area contributed by atoms with Crippen LogP contribution in [0.4, 0.5) is 0 Å². The van der Waals surface area contributed by atoms with Crippen LogP contribution in [0.15, 0.2) is 0 Å². The summed E-state index contributed by atoms with van der Waals surface area (Å²) in [4.78, 5) is 0. The zero-order chi connectivity index (χ0) is 5.54. The molecule has 0 aliphatic carbocycles. The Morgan fingerprint density at radius 2 is 2.29 bits per heavy atom. The van der Waals surface area contributed by atoms with Gasteiger partial charge in [-0.1, -0.05) is 12.6 Å². The van der Waals surface area contributed by atoms with Gasteiger partial charge in [0, 0.05) is 9.52 Å². The molecule has 0 aliphatic rings. The number of rotatable bonds is 4. The molecular weight excluding hydrogens is 102 g/mol. The molecule has 7 heavy (non-hydrogen) atoms. The summed E-state index contributed by atoms with van der Waals surface area (Å²) in [5.41, 5.74) is 0. The molecular formula is C5H15NSi. The van der Waals surface area contributed by atoms with Gasteiger partial charge >= 0.3 is 0 Å². The molecule has 0 heterocycles. The van der Waals surface area contributed by atoms with Gasteiger partial charge in [0.05, 0.1) is 0 Å². The lowest BCUT2D eigenvalue weighted by Crippen LogP contribution is -2.07. The van der Waals surface area contributed by atoms with Gasteiger partial charge in [0.15, 0.2) is 0 Å². The van der Waals surface area contributed by atoms with Gasteiger partial charge in [0.1, 0.15) is 0 Å². The lowest BCUT2D eigenvalue weighted by molar-refractivity contribution is 0.770. The topological polar surface area (TPSA) is 12.0 Å². The van der Waals surface area contributed by atoms with Gasteiger partial charge in [-0.25, -0.2) is 0 Å². The van der Waals surface area contributed by atoms with Crippen molar-refractivity contribution in [1.29, 1.82) is 0 Å². The fourth-order valence-electron chi connectivity index (χ4n) is 0.552. The highest BCUT2D eigenvalue weighted by Crippen LogP contribution is 1.82. The van der Waals surface area contributed by atoms with Gasteiger partial charge in [-0.2, -0.15) is 0 Å².